The molecule has 2 atom stereocenters. The Bertz CT molecular complexity index is 2180. The molecular weight excluding hydrogens is 583 g/mol. The smallest absolute Gasteiger partial charge is 0.133 e. The molecule has 6 aromatic rings. The predicted octanol–water partition coefficient (Wildman–Crippen LogP) is 10.7. The van der Waals surface area contributed by atoms with Gasteiger partial charge in [0.05, 0.1) is 0 Å². The van der Waals surface area contributed by atoms with Crippen molar-refractivity contribution in [3.05, 3.63) is 192 Å². The fourth-order valence-corrected chi connectivity index (χ4v) is 7.23. The van der Waals surface area contributed by atoms with Crippen LogP contribution in [-0.4, -0.2) is 18.7 Å². The van der Waals surface area contributed by atoms with Crippen LogP contribution in [0.4, 0.5) is 0 Å². The Morgan fingerprint density at radius 2 is 1.02 bits per heavy atom. The highest BCUT2D eigenvalue weighted by Gasteiger charge is 2.30. The van der Waals surface area contributed by atoms with Gasteiger partial charge in [-0.25, -0.2) is 0 Å². The van der Waals surface area contributed by atoms with Gasteiger partial charge in [0.15, 0.2) is 0 Å². The molecule has 2 aliphatic carbocycles. The van der Waals surface area contributed by atoms with Crippen LogP contribution in [0.1, 0.15) is 34.1 Å². The van der Waals surface area contributed by atoms with Crippen molar-refractivity contribution < 1.29 is 0 Å². The Morgan fingerprint density at radius 3 is 1.62 bits per heavy atom. The minimum atomic E-state index is 0.141. The zero-order valence-electron chi connectivity index (χ0n) is 26.8. The Balaban J connectivity index is 1.19. The van der Waals surface area contributed by atoms with E-state index in [1.165, 1.54) is 33.4 Å². The molecule has 6 aromatic carbocycles. The summed E-state index contributed by atoms with van der Waals surface area (Å²) in [5.74, 6) is 1.30. The summed E-state index contributed by atoms with van der Waals surface area (Å²) in [6.07, 6.45) is 8.95. The lowest BCUT2D eigenvalue weighted by Crippen LogP contribution is -2.31. The fraction of sp³-hybridized carbons (Fsp3) is 0.0667. The highest BCUT2D eigenvalue weighted by atomic mass is 15.0. The van der Waals surface area contributed by atoms with Crippen LogP contribution in [0.25, 0.3) is 44.5 Å². The number of hydrogen-bond donors (Lipinski definition) is 2. The fourth-order valence-electron chi connectivity index (χ4n) is 7.23. The van der Waals surface area contributed by atoms with Crippen molar-refractivity contribution in [1.29, 1.82) is 5.41 Å². The summed E-state index contributed by atoms with van der Waals surface area (Å²) in [6, 6.07) is 51.3. The average Bonchev–Trinajstić information content (AvgIpc) is 3.16. The van der Waals surface area contributed by atoms with Crippen molar-refractivity contribution >= 4 is 11.7 Å². The Kier molecular flexibility index (Phi) is 7.72. The second kappa shape index (κ2) is 12.6. The third kappa shape index (κ3) is 5.40. The van der Waals surface area contributed by atoms with E-state index in [-0.39, 0.29) is 11.8 Å². The number of hydrogen-bond acceptors (Lipinski definition) is 2. The molecule has 2 N–H and O–H groups in total. The van der Waals surface area contributed by atoms with E-state index in [9.17, 15) is 5.41 Å². The van der Waals surface area contributed by atoms with Gasteiger partial charge in [-0.3, -0.25) is 10.4 Å². The molecule has 230 valence electrons. The molecule has 0 radical (unpaired) electrons. The molecule has 8 rings (SSSR count). The minimum Gasteiger partial charge on any atom is -0.325 e. The summed E-state index contributed by atoms with van der Waals surface area (Å²) in [5, 5.41) is 12.7. The molecule has 0 aromatic heterocycles. The quantitative estimate of drug-likeness (QED) is 0.150. The number of fused-ring (bicyclic) bond motifs is 8. The molecule has 0 spiro atoms. The monoisotopic (exact) mass is 617 g/mol. The molecule has 0 aliphatic heterocycles. The van der Waals surface area contributed by atoms with Gasteiger partial charge < -0.3 is 5.32 Å². The van der Waals surface area contributed by atoms with Gasteiger partial charge in [0.2, 0.25) is 0 Å². The molecule has 0 saturated heterocycles. The standard InChI is InChI=1S/C45H35N3/c1-47-45(35-27-33(30-14-4-2-5-15-30)26-34(28-35)31-16-6-3-7-17-31)48-44(46)32-24-25-42-40-22-11-10-20-38(40)36-18-8-9-19-37(36)39-21-12-13-23-41(39)43(42)29-32/h2-29,39,41H,1H3,(H2,46,47,48). The Morgan fingerprint density at radius 1 is 0.500 bits per heavy atom. The summed E-state index contributed by atoms with van der Waals surface area (Å²) < 4.78 is 0. The number of benzene rings is 6. The summed E-state index contributed by atoms with van der Waals surface area (Å²) in [6.45, 7) is 0. The van der Waals surface area contributed by atoms with Gasteiger partial charge in [0.1, 0.15) is 11.7 Å². The van der Waals surface area contributed by atoms with Gasteiger partial charge in [-0.15, -0.1) is 0 Å². The number of aliphatic imine (C=N–C) groups is 1. The number of allylic oxidation sites excluding steroid dienone is 4. The maximum Gasteiger partial charge on any atom is 0.133 e. The van der Waals surface area contributed by atoms with Crippen molar-refractivity contribution in [1.82, 2.24) is 5.32 Å². The summed E-state index contributed by atoms with van der Waals surface area (Å²) in [5.41, 5.74) is 13.7. The molecule has 3 heteroatoms. The van der Waals surface area contributed by atoms with Crippen molar-refractivity contribution in [2.45, 2.75) is 11.8 Å². The lowest BCUT2D eigenvalue weighted by Gasteiger charge is -2.32. The first-order valence-corrected chi connectivity index (χ1v) is 16.4. The highest BCUT2D eigenvalue weighted by Crippen LogP contribution is 2.49. The van der Waals surface area contributed by atoms with E-state index < -0.39 is 0 Å². The van der Waals surface area contributed by atoms with Crippen molar-refractivity contribution in [3.8, 4) is 44.5 Å². The molecule has 0 heterocycles. The summed E-state index contributed by atoms with van der Waals surface area (Å²) >= 11 is 0. The number of nitrogens with one attached hydrogen (secondary N) is 2. The van der Waals surface area contributed by atoms with E-state index in [0.717, 1.165) is 33.4 Å². The lowest BCUT2D eigenvalue weighted by atomic mass is 9.71. The van der Waals surface area contributed by atoms with Gasteiger partial charge in [0, 0.05) is 30.0 Å². The van der Waals surface area contributed by atoms with E-state index >= 15 is 0 Å². The topological polar surface area (TPSA) is 48.2 Å². The second-order valence-corrected chi connectivity index (χ2v) is 12.4. The molecule has 0 saturated carbocycles. The Hall–Kier alpha value is -6.06. The second-order valence-electron chi connectivity index (χ2n) is 12.4. The van der Waals surface area contributed by atoms with E-state index in [1.807, 2.05) is 12.1 Å². The molecule has 3 nitrogen and oxygen atoms in total. The zero-order valence-corrected chi connectivity index (χ0v) is 26.8. The van der Waals surface area contributed by atoms with Crippen LogP contribution < -0.4 is 5.32 Å². The van der Waals surface area contributed by atoms with Crippen LogP contribution in [0.15, 0.2) is 175 Å². The normalized spacial score (nSPS) is 16.1. The summed E-state index contributed by atoms with van der Waals surface area (Å²) in [7, 11) is 1.78. The van der Waals surface area contributed by atoms with E-state index in [0.29, 0.717) is 11.7 Å². The van der Waals surface area contributed by atoms with Crippen LogP contribution in [0.3, 0.4) is 0 Å². The van der Waals surface area contributed by atoms with Crippen LogP contribution >= 0.6 is 0 Å². The first kappa shape index (κ1) is 29.3. The molecule has 0 bridgehead atoms. The van der Waals surface area contributed by atoms with E-state index in [4.69, 9.17) is 0 Å². The average molecular weight is 618 g/mol. The molecule has 0 amide bonds. The van der Waals surface area contributed by atoms with Crippen LogP contribution in [0.2, 0.25) is 0 Å². The van der Waals surface area contributed by atoms with Crippen molar-refractivity contribution in [2.24, 2.45) is 4.99 Å². The molecule has 2 aliphatic rings. The first-order valence-electron chi connectivity index (χ1n) is 16.4. The largest absolute Gasteiger partial charge is 0.325 e. The first-order chi connectivity index (χ1) is 23.7. The lowest BCUT2D eigenvalue weighted by molar-refractivity contribution is 0.731. The SMILES string of the molecule is CN=C(NC(=N)c1ccc2c(c1)C1C=CC=CC1c1ccccc1-c1ccccc1-2)c1cc(-c2ccccc2)cc(-c2ccccc2)c1. The van der Waals surface area contributed by atoms with Crippen molar-refractivity contribution in [2.75, 3.05) is 7.05 Å². The van der Waals surface area contributed by atoms with Gasteiger partial charge in [-0.1, -0.05) is 146 Å². The third-order valence-corrected chi connectivity index (χ3v) is 9.55. The Labute approximate surface area is 282 Å². The van der Waals surface area contributed by atoms with E-state index in [1.54, 1.807) is 7.05 Å². The predicted molar refractivity (Wildman–Crippen MR) is 201 cm³/mol. The van der Waals surface area contributed by atoms with Gasteiger partial charge in [-0.2, -0.15) is 0 Å². The van der Waals surface area contributed by atoms with Gasteiger partial charge in [-0.05, 0) is 79.9 Å². The summed E-state index contributed by atoms with van der Waals surface area (Å²) in [4.78, 5) is 4.67. The number of amidine groups is 2. The number of nitrogens with zero attached hydrogens (tertiary/aromatic N) is 1. The molecular formula is C45H35N3. The van der Waals surface area contributed by atoms with Gasteiger partial charge >= 0.3 is 0 Å². The van der Waals surface area contributed by atoms with Crippen molar-refractivity contribution in [3.63, 3.8) is 0 Å². The minimum absolute atomic E-state index is 0.141. The molecule has 2 unspecified atom stereocenters. The molecule has 0 fully saturated rings. The maximum absolute atomic E-state index is 9.33. The highest BCUT2D eigenvalue weighted by molar-refractivity contribution is 6.14. The maximum atomic E-state index is 9.33. The van der Waals surface area contributed by atoms with Crippen LogP contribution in [0.5, 0.6) is 0 Å². The van der Waals surface area contributed by atoms with E-state index in [2.05, 4.69) is 168 Å². The molecule has 48 heavy (non-hydrogen) atoms. The zero-order chi connectivity index (χ0) is 32.5. The van der Waals surface area contributed by atoms with Crippen LogP contribution in [-0.2, 0) is 0 Å². The number of rotatable bonds is 4. The third-order valence-electron chi connectivity index (χ3n) is 9.55. The van der Waals surface area contributed by atoms with Gasteiger partial charge in [0.25, 0.3) is 0 Å². The van der Waals surface area contributed by atoms with Crippen LogP contribution in [0, 0.1) is 5.41 Å².